The predicted molar refractivity (Wildman–Crippen MR) is 73.1 cm³/mol. The molecular weight excluding hydrogens is 261 g/mol. The molecule has 110 valence electrons. The number of carbonyl (C=O) groups is 1. The van der Waals surface area contributed by atoms with Gasteiger partial charge in [-0.3, -0.25) is 0 Å². The summed E-state index contributed by atoms with van der Waals surface area (Å²) in [6.07, 6.45) is -1.51. The van der Waals surface area contributed by atoms with E-state index in [1.165, 1.54) is 4.90 Å². The maximum Gasteiger partial charge on any atom is 0.410 e. The number of nitrogens with zero attached hydrogens (tertiary/aromatic N) is 1. The van der Waals surface area contributed by atoms with Crippen LogP contribution in [0, 0.1) is 0 Å². The lowest BCUT2D eigenvalue weighted by atomic mass is 10.1. The molecule has 0 N–H and O–H groups in total. The van der Waals surface area contributed by atoms with Crippen LogP contribution < -0.4 is 0 Å². The third-order valence-corrected chi connectivity index (χ3v) is 3.33. The van der Waals surface area contributed by atoms with Gasteiger partial charge in [-0.2, -0.15) is 0 Å². The number of benzene rings is 1. The SMILES string of the molecule is CCO[C@H]1CCN(C(=O)OCc2ccccc2)C[C@@H]1F. The molecule has 0 aliphatic carbocycles. The van der Waals surface area contributed by atoms with Crippen molar-refractivity contribution >= 4 is 6.09 Å². The van der Waals surface area contributed by atoms with E-state index in [0.29, 0.717) is 19.6 Å². The second-order valence-corrected chi connectivity index (χ2v) is 4.78. The summed E-state index contributed by atoms with van der Waals surface area (Å²) in [5, 5.41) is 0. The Morgan fingerprint density at radius 2 is 2.15 bits per heavy atom. The zero-order valence-electron chi connectivity index (χ0n) is 11.6. The van der Waals surface area contributed by atoms with Crippen molar-refractivity contribution in [2.24, 2.45) is 0 Å². The fraction of sp³-hybridized carbons (Fsp3) is 0.533. The molecule has 1 aromatic carbocycles. The Bertz CT molecular complexity index is 426. The maximum atomic E-state index is 13.8. The summed E-state index contributed by atoms with van der Waals surface area (Å²) in [6.45, 7) is 3.05. The zero-order valence-corrected chi connectivity index (χ0v) is 11.6. The molecule has 0 aromatic heterocycles. The molecule has 0 spiro atoms. The van der Waals surface area contributed by atoms with E-state index in [4.69, 9.17) is 9.47 Å². The summed E-state index contributed by atoms with van der Waals surface area (Å²) >= 11 is 0. The second kappa shape index (κ2) is 7.24. The first-order chi connectivity index (χ1) is 9.70. The molecular formula is C15H20FNO3. The van der Waals surface area contributed by atoms with Crippen molar-refractivity contribution in [2.45, 2.75) is 32.2 Å². The molecule has 0 unspecified atom stereocenters. The summed E-state index contributed by atoms with van der Waals surface area (Å²) in [6, 6.07) is 9.43. The first-order valence-corrected chi connectivity index (χ1v) is 6.92. The van der Waals surface area contributed by atoms with Gasteiger partial charge >= 0.3 is 6.09 Å². The Labute approximate surface area is 118 Å². The molecule has 2 atom stereocenters. The van der Waals surface area contributed by atoms with Gasteiger partial charge < -0.3 is 14.4 Å². The summed E-state index contributed by atoms with van der Waals surface area (Å²) in [4.78, 5) is 13.3. The molecule has 1 aliphatic rings. The van der Waals surface area contributed by atoms with Gasteiger partial charge in [0.15, 0.2) is 0 Å². The first kappa shape index (κ1) is 14.8. The van der Waals surface area contributed by atoms with Gasteiger partial charge in [-0.05, 0) is 18.9 Å². The van der Waals surface area contributed by atoms with Gasteiger partial charge in [-0.1, -0.05) is 30.3 Å². The van der Waals surface area contributed by atoms with Crippen molar-refractivity contribution in [2.75, 3.05) is 19.7 Å². The van der Waals surface area contributed by atoms with Gasteiger partial charge in [0.1, 0.15) is 12.8 Å². The number of alkyl halides is 1. The molecule has 0 radical (unpaired) electrons. The van der Waals surface area contributed by atoms with Crippen LogP contribution >= 0.6 is 0 Å². The second-order valence-electron chi connectivity index (χ2n) is 4.78. The average Bonchev–Trinajstić information content (AvgIpc) is 2.48. The van der Waals surface area contributed by atoms with E-state index < -0.39 is 18.4 Å². The summed E-state index contributed by atoms with van der Waals surface area (Å²) in [5.74, 6) is 0. The summed E-state index contributed by atoms with van der Waals surface area (Å²) < 4.78 is 24.3. The van der Waals surface area contributed by atoms with Crippen LogP contribution in [0.3, 0.4) is 0 Å². The number of amides is 1. The van der Waals surface area contributed by atoms with Crippen LogP contribution in [0.1, 0.15) is 18.9 Å². The molecule has 1 saturated heterocycles. The highest BCUT2D eigenvalue weighted by atomic mass is 19.1. The third kappa shape index (κ3) is 3.93. The fourth-order valence-corrected chi connectivity index (χ4v) is 2.26. The van der Waals surface area contributed by atoms with Crippen molar-refractivity contribution < 1.29 is 18.7 Å². The largest absolute Gasteiger partial charge is 0.445 e. The van der Waals surface area contributed by atoms with Gasteiger partial charge in [-0.25, -0.2) is 9.18 Å². The lowest BCUT2D eigenvalue weighted by Gasteiger charge is -2.33. The van der Waals surface area contributed by atoms with Crippen LogP contribution in [-0.2, 0) is 16.1 Å². The number of rotatable bonds is 4. The fourth-order valence-electron chi connectivity index (χ4n) is 2.26. The molecule has 0 saturated carbocycles. The van der Waals surface area contributed by atoms with E-state index in [0.717, 1.165) is 5.56 Å². The highest BCUT2D eigenvalue weighted by Crippen LogP contribution is 2.18. The van der Waals surface area contributed by atoms with Crippen LogP contribution in [0.4, 0.5) is 9.18 Å². The molecule has 1 fully saturated rings. The molecule has 0 bridgehead atoms. The number of piperidine rings is 1. The Morgan fingerprint density at radius 3 is 2.80 bits per heavy atom. The molecule has 4 nitrogen and oxygen atoms in total. The van der Waals surface area contributed by atoms with Crippen LogP contribution in [0.25, 0.3) is 0 Å². The Balaban J connectivity index is 1.79. The van der Waals surface area contributed by atoms with Crippen LogP contribution in [0.5, 0.6) is 0 Å². The third-order valence-electron chi connectivity index (χ3n) is 3.33. The number of halogens is 1. The Morgan fingerprint density at radius 1 is 1.40 bits per heavy atom. The van der Waals surface area contributed by atoms with Gasteiger partial charge in [0.2, 0.25) is 0 Å². The average molecular weight is 281 g/mol. The van der Waals surface area contributed by atoms with Gasteiger partial charge in [0.05, 0.1) is 12.6 Å². The van der Waals surface area contributed by atoms with Crippen LogP contribution in [0.2, 0.25) is 0 Å². The molecule has 2 rings (SSSR count). The van der Waals surface area contributed by atoms with Crippen molar-refractivity contribution in [3.63, 3.8) is 0 Å². The van der Waals surface area contributed by atoms with Gasteiger partial charge in [0.25, 0.3) is 0 Å². The minimum Gasteiger partial charge on any atom is -0.445 e. The zero-order chi connectivity index (χ0) is 14.4. The summed E-state index contributed by atoms with van der Waals surface area (Å²) in [5.41, 5.74) is 0.918. The van der Waals surface area contributed by atoms with Crippen LogP contribution in [-0.4, -0.2) is 43.0 Å². The topological polar surface area (TPSA) is 38.8 Å². The summed E-state index contributed by atoms with van der Waals surface area (Å²) in [7, 11) is 0. The maximum absolute atomic E-state index is 13.8. The molecule has 1 aliphatic heterocycles. The standard InChI is InChI=1S/C15H20FNO3/c1-2-19-14-8-9-17(10-13(14)16)15(18)20-11-12-6-4-3-5-7-12/h3-7,13-14H,2,8-11H2,1H3/t13-,14-/m0/s1. The highest BCUT2D eigenvalue weighted by molar-refractivity contribution is 5.67. The van der Waals surface area contributed by atoms with E-state index in [2.05, 4.69) is 0 Å². The lowest BCUT2D eigenvalue weighted by Crippen LogP contribution is -2.48. The normalized spacial score (nSPS) is 22.6. The van der Waals surface area contributed by atoms with Crippen molar-refractivity contribution in [1.82, 2.24) is 4.90 Å². The molecule has 1 amide bonds. The number of hydrogen-bond acceptors (Lipinski definition) is 3. The monoisotopic (exact) mass is 281 g/mol. The molecule has 5 heteroatoms. The first-order valence-electron chi connectivity index (χ1n) is 6.92. The quantitative estimate of drug-likeness (QED) is 0.852. The number of likely N-dealkylation sites (tertiary alicyclic amines) is 1. The molecule has 1 heterocycles. The lowest BCUT2D eigenvalue weighted by molar-refractivity contribution is -0.0401. The Kier molecular flexibility index (Phi) is 5.35. The van der Waals surface area contributed by atoms with Gasteiger partial charge in [-0.15, -0.1) is 0 Å². The van der Waals surface area contributed by atoms with E-state index >= 15 is 0 Å². The number of carbonyl (C=O) groups excluding carboxylic acids is 1. The smallest absolute Gasteiger partial charge is 0.410 e. The minimum atomic E-state index is -1.15. The van der Waals surface area contributed by atoms with Crippen molar-refractivity contribution in [1.29, 1.82) is 0 Å². The van der Waals surface area contributed by atoms with Crippen molar-refractivity contribution in [3.8, 4) is 0 Å². The van der Waals surface area contributed by atoms with Crippen LogP contribution in [0.15, 0.2) is 30.3 Å². The van der Waals surface area contributed by atoms with Crippen molar-refractivity contribution in [3.05, 3.63) is 35.9 Å². The van der Waals surface area contributed by atoms with E-state index in [9.17, 15) is 9.18 Å². The van der Waals surface area contributed by atoms with E-state index in [1.54, 1.807) is 0 Å². The molecule has 20 heavy (non-hydrogen) atoms. The highest BCUT2D eigenvalue weighted by Gasteiger charge is 2.32. The molecule has 1 aromatic rings. The minimum absolute atomic E-state index is 0.0400. The number of hydrogen-bond donors (Lipinski definition) is 0. The number of ether oxygens (including phenoxy) is 2. The predicted octanol–water partition coefficient (Wildman–Crippen LogP) is 2.77. The van der Waals surface area contributed by atoms with E-state index in [1.807, 2.05) is 37.3 Å². The van der Waals surface area contributed by atoms with Gasteiger partial charge in [0, 0.05) is 13.2 Å². The Hall–Kier alpha value is -1.62. The van der Waals surface area contributed by atoms with E-state index in [-0.39, 0.29) is 13.2 Å².